The molecular formula is C14H20BrNO. The number of alkyl halides is 1. The van der Waals surface area contributed by atoms with Gasteiger partial charge in [0.2, 0.25) is 0 Å². The van der Waals surface area contributed by atoms with Crippen molar-refractivity contribution in [1.29, 1.82) is 0 Å². The van der Waals surface area contributed by atoms with Crippen LogP contribution in [0.5, 0.6) is 5.75 Å². The maximum atomic E-state index is 5.17. The zero-order valence-corrected chi connectivity index (χ0v) is 11.9. The normalized spacial score (nSPS) is 20.7. The van der Waals surface area contributed by atoms with Crippen LogP contribution in [0.25, 0.3) is 0 Å². The summed E-state index contributed by atoms with van der Waals surface area (Å²) < 4.78 is 5.17. The summed E-state index contributed by atoms with van der Waals surface area (Å²) >= 11 is 3.53. The lowest BCUT2D eigenvalue weighted by Crippen LogP contribution is -2.20. The molecule has 94 valence electrons. The first-order chi connectivity index (χ1) is 8.31. The van der Waals surface area contributed by atoms with Gasteiger partial charge in [-0.2, -0.15) is 0 Å². The highest BCUT2D eigenvalue weighted by molar-refractivity contribution is 9.09. The molecule has 1 aliphatic rings. The predicted molar refractivity (Wildman–Crippen MR) is 74.8 cm³/mol. The third-order valence-corrected chi connectivity index (χ3v) is 3.91. The Kier molecular flexibility index (Phi) is 4.86. The molecule has 0 amide bonds. The van der Waals surface area contributed by atoms with Gasteiger partial charge in [-0.15, -0.1) is 0 Å². The molecule has 1 aromatic rings. The van der Waals surface area contributed by atoms with E-state index in [9.17, 15) is 0 Å². The molecule has 0 spiro atoms. The number of hydrogen-bond acceptors (Lipinski definition) is 2. The lowest BCUT2D eigenvalue weighted by molar-refractivity contribution is 0.315. The Bertz CT molecular complexity index is 339. The fourth-order valence-corrected chi connectivity index (χ4v) is 3.08. The van der Waals surface area contributed by atoms with E-state index < -0.39 is 0 Å². The molecule has 1 fully saturated rings. The molecule has 3 heteroatoms. The minimum Gasteiger partial charge on any atom is -0.497 e. The largest absolute Gasteiger partial charge is 0.497 e. The highest BCUT2D eigenvalue weighted by atomic mass is 79.9. The van der Waals surface area contributed by atoms with Gasteiger partial charge in [-0.3, -0.25) is 4.90 Å². The molecule has 0 aromatic heterocycles. The van der Waals surface area contributed by atoms with E-state index in [-0.39, 0.29) is 0 Å². The predicted octanol–water partition coefficient (Wildman–Crippen LogP) is 3.30. The standard InChI is InChI=1S/C14H20BrNO/c1-17-14-4-2-12(3-5-14)10-16-9-7-13(11-16)6-8-15/h2-5,13H,6-11H2,1H3. The second kappa shape index (κ2) is 6.41. The molecule has 2 rings (SSSR count). The van der Waals surface area contributed by atoms with Crippen LogP contribution in [0.2, 0.25) is 0 Å². The number of ether oxygens (including phenoxy) is 1. The van der Waals surface area contributed by atoms with E-state index in [0.29, 0.717) is 0 Å². The molecule has 0 bridgehead atoms. The van der Waals surface area contributed by atoms with Crippen molar-refractivity contribution in [3.8, 4) is 5.75 Å². The van der Waals surface area contributed by atoms with E-state index in [1.807, 2.05) is 12.1 Å². The number of halogens is 1. The van der Waals surface area contributed by atoms with Crippen LogP contribution in [-0.4, -0.2) is 30.4 Å². The Balaban J connectivity index is 1.84. The molecule has 0 radical (unpaired) electrons. The van der Waals surface area contributed by atoms with Crippen molar-refractivity contribution in [1.82, 2.24) is 4.90 Å². The molecule has 0 N–H and O–H groups in total. The van der Waals surface area contributed by atoms with Crippen LogP contribution in [0, 0.1) is 5.92 Å². The number of rotatable bonds is 5. The number of nitrogens with zero attached hydrogens (tertiary/aromatic N) is 1. The molecule has 1 saturated heterocycles. The summed E-state index contributed by atoms with van der Waals surface area (Å²) in [4.78, 5) is 2.55. The highest BCUT2D eigenvalue weighted by Gasteiger charge is 2.21. The SMILES string of the molecule is COc1ccc(CN2CCC(CCBr)C2)cc1. The van der Waals surface area contributed by atoms with Gasteiger partial charge in [0.05, 0.1) is 7.11 Å². The minimum atomic E-state index is 0.882. The van der Waals surface area contributed by atoms with Crippen LogP contribution in [0.3, 0.4) is 0 Å². The third-order valence-electron chi connectivity index (χ3n) is 3.45. The summed E-state index contributed by atoms with van der Waals surface area (Å²) in [6.07, 6.45) is 2.65. The average molecular weight is 298 g/mol. The van der Waals surface area contributed by atoms with E-state index in [2.05, 4.69) is 33.0 Å². The van der Waals surface area contributed by atoms with E-state index in [1.165, 1.54) is 31.5 Å². The molecule has 1 unspecified atom stereocenters. The van der Waals surface area contributed by atoms with Crippen molar-refractivity contribution in [2.24, 2.45) is 5.92 Å². The Labute approximate surface area is 112 Å². The van der Waals surface area contributed by atoms with Crippen LogP contribution in [-0.2, 0) is 6.54 Å². The quantitative estimate of drug-likeness (QED) is 0.773. The van der Waals surface area contributed by atoms with Crippen LogP contribution >= 0.6 is 15.9 Å². The van der Waals surface area contributed by atoms with Crippen molar-refractivity contribution in [3.05, 3.63) is 29.8 Å². The number of methoxy groups -OCH3 is 1. The van der Waals surface area contributed by atoms with Gasteiger partial charge in [0, 0.05) is 18.4 Å². The minimum absolute atomic E-state index is 0.882. The van der Waals surface area contributed by atoms with E-state index in [1.54, 1.807) is 7.11 Å². The van der Waals surface area contributed by atoms with Gasteiger partial charge in [-0.25, -0.2) is 0 Å². The van der Waals surface area contributed by atoms with Gasteiger partial charge in [-0.1, -0.05) is 28.1 Å². The molecule has 1 heterocycles. The summed E-state index contributed by atoms with van der Waals surface area (Å²) in [5, 5.41) is 1.13. The van der Waals surface area contributed by atoms with Crippen LogP contribution in [0.15, 0.2) is 24.3 Å². The fourth-order valence-electron chi connectivity index (χ4n) is 2.44. The Hall–Kier alpha value is -0.540. The van der Waals surface area contributed by atoms with Crippen molar-refractivity contribution < 1.29 is 4.74 Å². The van der Waals surface area contributed by atoms with E-state index >= 15 is 0 Å². The molecule has 2 nitrogen and oxygen atoms in total. The van der Waals surface area contributed by atoms with Crippen LogP contribution in [0.4, 0.5) is 0 Å². The molecule has 1 atom stereocenters. The van der Waals surface area contributed by atoms with Crippen molar-refractivity contribution in [2.45, 2.75) is 19.4 Å². The van der Waals surface area contributed by atoms with Crippen LogP contribution in [0.1, 0.15) is 18.4 Å². The lowest BCUT2D eigenvalue weighted by atomic mass is 10.1. The van der Waals surface area contributed by atoms with E-state index in [4.69, 9.17) is 4.74 Å². The van der Waals surface area contributed by atoms with Gasteiger partial charge in [0.1, 0.15) is 5.75 Å². The molecule has 0 saturated carbocycles. The smallest absolute Gasteiger partial charge is 0.118 e. The maximum absolute atomic E-state index is 5.17. The third kappa shape index (κ3) is 3.71. The summed E-state index contributed by atoms with van der Waals surface area (Å²) in [5.41, 5.74) is 1.38. The molecule has 0 aliphatic carbocycles. The van der Waals surface area contributed by atoms with Gasteiger partial charge in [0.25, 0.3) is 0 Å². The highest BCUT2D eigenvalue weighted by Crippen LogP contribution is 2.22. The molecule has 17 heavy (non-hydrogen) atoms. The molecule has 1 aliphatic heterocycles. The first-order valence-electron chi connectivity index (χ1n) is 6.23. The fraction of sp³-hybridized carbons (Fsp3) is 0.571. The summed E-state index contributed by atoms with van der Waals surface area (Å²) in [6, 6.07) is 8.41. The monoisotopic (exact) mass is 297 g/mol. The number of hydrogen-bond donors (Lipinski definition) is 0. The van der Waals surface area contributed by atoms with Crippen molar-refractivity contribution in [2.75, 3.05) is 25.5 Å². The first-order valence-corrected chi connectivity index (χ1v) is 7.35. The van der Waals surface area contributed by atoms with Crippen molar-refractivity contribution in [3.63, 3.8) is 0 Å². The van der Waals surface area contributed by atoms with Gasteiger partial charge < -0.3 is 4.74 Å². The Morgan fingerprint density at radius 3 is 2.76 bits per heavy atom. The first kappa shape index (κ1) is 12.9. The number of likely N-dealkylation sites (tertiary alicyclic amines) is 1. The van der Waals surface area contributed by atoms with E-state index in [0.717, 1.165) is 23.5 Å². The number of benzene rings is 1. The Morgan fingerprint density at radius 2 is 2.12 bits per heavy atom. The lowest BCUT2D eigenvalue weighted by Gasteiger charge is -2.16. The average Bonchev–Trinajstić information content (AvgIpc) is 2.78. The second-order valence-electron chi connectivity index (χ2n) is 4.72. The van der Waals surface area contributed by atoms with Crippen LogP contribution < -0.4 is 4.74 Å². The zero-order chi connectivity index (χ0) is 12.1. The van der Waals surface area contributed by atoms with Gasteiger partial charge >= 0.3 is 0 Å². The Morgan fingerprint density at radius 1 is 1.35 bits per heavy atom. The van der Waals surface area contributed by atoms with Gasteiger partial charge in [0.15, 0.2) is 0 Å². The summed E-state index contributed by atoms with van der Waals surface area (Å²) in [6.45, 7) is 3.56. The topological polar surface area (TPSA) is 12.5 Å². The summed E-state index contributed by atoms with van der Waals surface area (Å²) in [5.74, 6) is 1.82. The molecular weight excluding hydrogens is 278 g/mol. The van der Waals surface area contributed by atoms with Crippen molar-refractivity contribution >= 4 is 15.9 Å². The zero-order valence-electron chi connectivity index (χ0n) is 10.4. The summed E-state index contributed by atoms with van der Waals surface area (Å²) in [7, 11) is 1.71. The second-order valence-corrected chi connectivity index (χ2v) is 5.51. The van der Waals surface area contributed by atoms with Gasteiger partial charge in [-0.05, 0) is 43.0 Å². The molecule has 1 aromatic carbocycles. The maximum Gasteiger partial charge on any atom is 0.118 e.